The summed E-state index contributed by atoms with van der Waals surface area (Å²) in [5, 5.41) is 3.50. The van der Waals surface area contributed by atoms with Gasteiger partial charge in [0.15, 0.2) is 0 Å². The van der Waals surface area contributed by atoms with E-state index >= 15 is 0 Å². The first-order valence-electron chi connectivity index (χ1n) is 7.71. The summed E-state index contributed by atoms with van der Waals surface area (Å²) in [6.45, 7) is 8.25. The zero-order valence-electron chi connectivity index (χ0n) is 13.5. The van der Waals surface area contributed by atoms with Gasteiger partial charge in [-0.1, -0.05) is 0 Å². The predicted molar refractivity (Wildman–Crippen MR) is 85.3 cm³/mol. The fourth-order valence-electron chi connectivity index (χ4n) is 2.59. The van der Waals surface area contributed by atoms with Gasteiger partial charge in [0.2, 0.25) is 0 Å². The van der Waals surface area contributed by atoms with E-state index in [9.17, 15) is 4.39 Å². The van der Waals surface area contributed by atoms with Crippen LogP contribution in [0, 0.1) is 5.82 Å². The smallest absolute Gasteiger partial charge is 0.123 e. The van der Waals surface area contributed by atoms with Crippen LogP contribution in [0.3, 0.4) is 0 Å². The number of rotatable bonds is 5. The summed E-state index contributed by atoms with van der Waals surface area (Å²) in [5.74, 6) is -0.197. The molecule has 0 saturated carbocycles. The maximum absolute atomic E-state index is 12.9. The molecule has 3 nitrogen and oxygen atoms in total. The zero-order chi connectivity index (χ0) is 15.5. The number of hydrogen-bond acceptors (Lipinski definition) is 3. The number of anilines is 1. The van der Waals surface area contributed by atoms with E-state index in [0.29, 0.717) is 6.10 Å². The molecule has 1 heterocycles. The van der Waals surface area contributed by atoms with E-state index in [1.807, 2.05) is 19.2 Å². The van der Waals surface area contributed by atoms with Crippen LogP contribution in [0.15, 0.2) is 24.3 Å². The Morgan fingerprint density at radius 1 is 1.19 bits per heavy atom. The highest BCUT2D eigenvalue weighted by molar-refractivity contribution is 5.45. The van der Waals surface area contributed by atoms with Crippen LogP contribution in [0.5, 0.6) is 0 Å². The highest BCUT2D eigenvalue weighted by Crippen LogP contribution is 2.22. The van der Waals surface area contributed by atoms with Crippen LogP contribution >= 0.6 is 0 Å². The Morgan fingerprint density at radius 3 is 2.43 bits per heavy atom. The van der Waals surface area contributed by atoms with Gasteiger partial charge in [0.25, 0.3) is 0 Å². The Bertz CT molecular complexity index is 441. The summed E-state index contributed by atoms with van der Waals surface area (Å²) >= 11 is 0. The summed E-state index contributed by atoms with van der Waals surface area (Å²) < 4.78 is 19.0. The van der Waals surface area contributed by atoms with Crippen LogP contribution in [0.4, 0.5) is 10.1 Å². The molecule has 21 heavy (non-hydrogen) atoms. The van der Waals surface area contributed by atoms with Gasteiger partial charge in [0, 0.05) is 31.4 Å². The van der Waals surface area contributed by atoms with Crippen LogP contribution in [0.1, 0.15) is 33.6 Å². The van der Waals surface area contributed by atoms with Crippen molar-refractivity contribution in [1.29, 1.82) is 0 Å². The van der Waals surface area contributed by atoms with Crippen LogP contribution in [-0.2, 0) is 4.74 Å². The van der Waals surface area contributed by atoms with Gasteiger partial charge in [-0.25, -0.2) is 4.39 Å². The van der Waals surface area contributed by atoms with Gasteiger partial charge in [0.05, 0.1) is 12.2 Å². The lowest BCUT2D eigenvalue weighted by atomic mass is 10.1. The molecule has 0 spiro atoms. The third-order valence-corrected chi connectivity index (χ3v) is 3.80. The number of nitrogens with zero attached hydrogens (tertiary/aromatic N) is 1. The summed E-state index contributed by atoms with van der Waals surface area (Å²) in [5.41, 5.74) is 1.16. The average molecular weight is 294 g/mol. The fourth-order valence-corrected chi connectivity index (χ4v) is 2.59. The van der Waals surface area contributed by atoms with Crippen molar-refractivity contribution in [3.05, 3.63) is 30.1 Å². The molecule has 2 unspecified atom stereocenters. The molecule has 1 aromatic carbocycles. The summed E-state index contributed by atoms with van der Waals surface area (Å²) in [6, 6.07) is 6.61. The highest BCUT2D eigenvalue weighted by atomic mass is 19.1. The molecule has 1 fully saturated rings. The maximum Gasteiger partial charge on any atom is 0.123 e. The molecular weight excluding hydrogens is 267 g/mol. The molecular formula is C17H27FN2O. The Hall–Kier alpha value is -1.13. The Morgan fingerprint density at radius 2 is 1.81 bits per heavy atom. The summed E-state index contributed by atoms with van der Waals surface area (Å²) in [6.07, 6.45) is 2.75. The molecule has 2 atom stereocenters. The van der Waals surface area contributed by atoms with Crippen molar-refractivity contribution in [2.75, 3.05) is 25.0 Å². The van der Waals surface area contributed by atoms with Gasteiger partial charge < -0.3 is 15.0 Å². The van der Waals surface area contributed by atoms with E-state index in [1.165, 1.54) is 12.1 Å². The van der Waals surface area contributed by atoms with Crippen molar-refractivity contribution in [1.82, 2.24) is 5.32 Å². The summed E-state index contributed by atoms with van der Waals surface area (Å²) in [7, 11) is 2.03. The number of hydrogen-bond donors (Lipinski definition) is 1. The second kappa shape index (κ2) is 6.75. The third-order valence-electron chi connectivity index (χ3n) is 3.80. The molecule has 2 rings (SSSR count). The molecule has 4 heteroatoms. The first-order chi connectivity index (χ1) is 9.83. The molecule has 0 aromatic heterocycles. The van der Waals surface area contributed by atoms with E-state index in [2.05, 4.69) is 31.0 Å². The molecule has 1 aromatic rings. The molecule has 1 saturated heterocycles. The van der Waals surface area contributed by atoms with Crippen LogP contribution in [-0.4, -0.2) is 37.9 Å². The Kier molecular flexibility index (Phi) is 5.22. The molecule has 1 aliphatic heterocycles. The van der Waals surface area contributed by atoms with Crippen molar-refractivity contribution in [3.8, 4) is 0 Å². The van der Waals surface area contributed by atoms with E-state index in [0.717, 1.165) is 31.6 Å². The number of likely N-dealkylation sites (N-methyl/N-ethyl adjacent to an activating group) is 1. The van der Waals surface area contributed by atoms with E-state index in [4.69, 9.17) is 4.74 Å². The summed E-state index contributed by atoms with van der Waals surface area (Å²) in [4.78, 5) is 2.13. The first kappa shape index (κ1) is 16.2. The van der Waals surface area contributed by atoms with Crippen molar-refractivity contribution in [2.24, 2.45) is 0 Å². The van der Waals surface area contributed by atoms with Gasteiger partial charge in [0.1, 0.15) is 5.82 Å². The van der Waals surface area contributed by atoms with E-state index in [-0.39, 0.29) is 17.5 Å². The second-order valence-corrected chi connectivity index (χ2v) is 6.95. The molecule has 0 bridgehead atoms. The molecule has 0 radical (unpaired) electrons. The largest absolute Gasteiger partial charge is 0.372 e. The molecule has 1 aliphatic rings. The Labute approximate surface area is 127 Å². The second-order valence-electron chi connectivity index (χ2n) is 6.95. The van der Waals surface area contributed by atoms with Gasteiger partial charge in [-0.3, -0.25) is 0 Å². The quantitative estimate of drug-likeness (QED) is 0.902. The lowest BCUT2D eigenvalue weighted by Crippen LogP contribution is -2.41. The zero-order valence-corrected chi connectivity index (χ0v) is 13.5. The number of ether oxygens (including phenoxy) is 1. The molecule has 1 N–H and O–H groups in total. The maximum atomic E-state index is 12.9. The lowest BCUT2D eigenvalue weighted by molar-refractivity contribution is 0.0465. The van der Waals surface area contributed by atoms with Crippen molar-refractivity contribution in [2.45, 2.75) is 51.4 Å². The lowest BCUT2D eigenvalue weighted by Gasteiger charge is -2.25. The minimum atomic E-state index is -0.197. The first-order valence-corrected chi connectivity index (χ1v) is 7.71. The van der Waals surface area contributed by atoms with Gasteiger partial charge in [-0.05, 0) is 57.9 Å². The predicted octanol–water partition coefficient (Wildman–Crippen LogP) is 3.20. The molecule has 0 amide bonds. The molecule has 118 valence electrons. The topological polar surface area (TPSA) is 24.5 Å². The number of nitrogens with one attached hydrogen (secondary N) is 1. The van der Waals surface area contributed by atoms with E-state index in [1.54, 1.807) is 0 Å². The van der Waals surface area contributed by atoms with Crippen molar-refractivity contribution >= 4 is 5.69 Å². The monoisotopic (exact) mass is 294 g/mol. The SMILES string of the molecule is CN(CC1CCC(CNC(C)(C)C)O1)c1ccc(F)cc1. The van der Waals surface area contributed by atoms with E-state index < -0.39 is 0 Å². The van der Waals surface area contributed by atoms with Crippen LogP contribution in [0.25, 0.3) is 0 Å². The van der Waals surface area contributed by atoms with Gasteiger partial charge in [-0.2, -0.15) is 0 Å². The normalized spacial score (nSPS) is 22.5. The van der Waals surface area contributed by atoms with Gasteiger partial charge >= 0.3 is 0 Å². The van der Waals surface area contributed by atoms with Crippen LogP contribution < -0.4 is 10.2 Å². The standard InChI is InChI=1S/C17H27FN2O/c1-17(2,3)19-11-15-9-10-16(21-15)12-20(4)14-7-5-13(18)6-8-14/h5-8,15-16,19H,9-12H2,1-4H3. The van der Waals surface area contributed by atoms with Crippen molar-refractivity contribution < 1.29 is 9.13 Å². The minimum absolute atomic E-state index is 0.131. The molecule has 0 aliphatic carbocycles. The fraction of sp³-hybridized carbons (Fsp3) is 0.647. The average Bonchev–Trinajstić information content (AvgIpc) is 2.84. The van der Waals surface area contributed by atoms with Crippen LogP contribution in [0.2, 0.25) is 0 Å². The minimum Gasteiger partial charge on any atom is -0.372 e. The number of halogens is 1. The number of benzene rings is 1. The van der Waals surface area contributed by atoms with Gasteiger partial charge in [-0.15, -0.1) is 0 Å². The van der Waals surface area contributed by atoms with Crippen molar-refractivity contribution in [3.63, 3.8) is 0 Å². The Balaban J connectivity index is 1.78. The third kappa shape index (κ3) is 5.29. The highest BCUT2D eigenvalue weighted by Gasteiger charge is 2.27.